The number of carbonyl (C=O) groups excluding carboxylic acids is 2. The van der Waals surface area contributed by atoms with Gasteiger partial charge in [0.25, 0.3) is 5.91 Å². The third-order valence-corrected chi connectivity index (χ3v) is 5.02. The first kappa shape index (κ1) is 19.1. The molecule has 0 spiro atoms. The molecule has 27 heavy (non-hydrogen) atoms. The summed E-state index contributed by atoms with van der Waals surface area (Å²) in [6.45, 7) is 5.89. The van der Waals surface area contributed by atoms with Gasteiger partial charge < -0.3 is 10.2 Å². The first-order valence-corrected chi connectivity index (χ1v) is 9.52. The molecule has 3 rings (SSSR count). The quantitative estimate of drug-likeness (QED) is 0.855. The van der Waals surface area contributed by atoms with Crippen LogP contribution in [0, 0.1) is 0 Å². The highest BCUT2D eigenvalue weighted by Gasteiger charge is 2.23. The summed E-state index contributed by atoms with van der Waals surface area (Å²) in [5.41, 5.74) is 1.95. The maximum Gasteiger partial charge on any atom is 0.253 e. The Bertz CT molecular complexity index is 741. The molecule has 0 saturated carbocycles. The molecule has 0 aliphatic carbocycles. The highest BCUT2D eigenvalue weighted by molar-refractivity contribution is 5.94. The molecule has 1 aliphatic rings. The molecule has 0 radical (unpaired) electrons. The summed E-state index contributed by atoms with van der Waals surface area (Å²) in [4.78, 5) is 28.7. The van der Waals surface area contributed by atoms with Crippen LogP contribution in [0.4, 0.5) is 0 Å². The van der Waals surface area contributed by atoms with Gasteiger partial charge in [0.1, 0.15) is 0 Å². The minimum absolute atomic E-state index is 0.0422. The summed E-state index contributed by atoms with van der Waals surface area (Å²) in [5.74, 6) is 0.396. The van der Waals surface area contributed by atoms with E-state index >= 15 is 0 Å². The van der Waals surface area contributed by atoms with Gasteiger partial charge in [-0.25, -0.2) is 0 Å². The highest BCUT2D eigenvalue weighted by Crippen LogP contribution is 2.13. The van der Waals surface area contributed by atoms with Crippen molar-refractivity contribution in [1.29, 1.82) is 0 Å². The zero-order chi connectivity index (χ0) is 19.1. The smallest absolute Gasteiger partial charge is 0.253 e. The van der Waals surface area contributed by atoms with E-state index in [0.29, 0.717) is 26.2 Å². The molecule has 1 fully saturated rings. The number of nitrogens with zero attached hydrogens (tertiary/aromatic N) is 2. The van der Waals surface area contributed by atoms with Gasteiger partial charge in [-0.1, -0.05) is 55.5 Å². The van der Waals surface area contributed by atoms with E-state index in [1.165, 1.54) is 5.56 Å². The van der Waals surface area contributed by atoms with Crippen molar-refractivity contribution in [3.05, 3.63) is 71.8 Å². The average molecular weight is 365 g/mol. The molecule has 5 heteroatoms. The largest absolute Gasteiger partial charge is 0.354 e. The molecule has 0 aromatic heterocycles. The fourth-order valence-corrected chi connectivity index (χ4v) is 3.30. The van der Waals surface area contributed by atoms with E-state index in [9.17, 15) is 9.59 Å². The van der Waals surface area contributed by atoms with Gasteiger partial charge in [0.05, 0.1) is 6.54 Å². The van der Waals surface area contributed by atoms with Crippen molar-refractivity contribution in [3.8, 4) is 0 Å². The van der Waals surface area contributed by atoms with Gasteiger partial charge in [0.2, 0.25) is 5.91 Å². The molecular weight excluding hydrogens is 338 g/mol. The Hall–Kier alpha value is -2.66. The molecule has 0 unspecified atom stereocenters. The number of hydrogen-bond acceptors (Lipinski definition) is 3. The van der Waals surface area contributed by atoms with Crippen LogP contribution in [0.5, 0.6) is 0 Å². The summed E-state index contributed by atoms with van der Waals surface area (Å²) < 4.78 is 0. The number of hydrogen-bond donors (Lipinski definition) is 1. The van der Waals surface area contributed by atoms with Crippen LogP contribution in [0.1, 0.15) is 28.8 Å². The maximum absolute atomic E-state index is 12.5. The van der Waals surface area contributed by atoms with Crippen molar-refractivity contribution in [2.75, 3.05) is 39.3 Å². The number of nitrogens with one attached hydrogen (secondary N) is 1. The summed E-state index contributed by atoms with van der Waals surface area (Å²) in [5, 5.41) is 3.03. The van der Waals surface area contributed by atoms with Crippen LogP contribution < -0.4 is 5.32 Å². The normalized spacial score (nSPS) is 16.0. The predicted molar refractivity (Wildman–Crippen MR) is 107 cm³/mol. The van der Waals surface area contributed by atoms with Crippen molar-refractivity contribution in [2.24, 2.45) is 0 Å². The Morgan fingerprint density at radius 1 is 0.926 bits per heavy atom. The molecule has 1 atom stereocenters. The first-order chi connectivity index (χ1) is 13.1. The monoisotopic (exact) mass is 365 g/mol. The molecule has 2 aromatic carbocycles. The third-order valence-electron chi connectivity index (χ3n) is 5.02. The number of carbonyl (C=O) groups is 2. The van der Waals surface area contributed by atoms with Crippen molar-refractivity contribution >= 4 is 11.8 Å². The Morgan fingerprint density at radius 3 is 2.15 bits per heavy atom. The minimum Gasteiger partial charge on any atom is -0.354 e. The van der Waals surface area contributed by atoms with Crippen LogP contribution in [-0.2, 0) is 4.79 Å². The van der Waals surface area contributed by atoms with E-state index in [2.05, 4.69) is 29.3 Å². The van der Waals surface area contributed by atoms with Crippen LogP contribution in [0.2, 0.25) is 0 Å². The van der Waals surface area contributed by atoms with E-state index in [1.807, 2.05) is 53.4 Å². The van der Waals surface area contributed by atoms with Crippen molar-refractivity contribution in [2.45, 2.75) is 12.8 Å². The standard InChI is InChI=1S/C22H27N3O2/c1-18(19-8-4-2-5-9-19)16-23-21(26)17-24-12-14-25(15-13-24)22(27)20-10-6-3-7-11-20/h2-11,18H,12-17H2,1H3,(H,23,26)/t18-/m0/s1. The number of piperazine rings is 1. The minimum atomic E-state index is 0.0422. The van der Waals surface area contributed by atoms with Gasteiger partial charge in [-0.15, -0.1) is 0 Å². The van der Waals surface area contributed by atoms with Gasteiger partial charge in [-0.3, -0.25) is 14.5 Å². The molecule has 1 saturated heterocycles. The Labute approximate surface area is 161 Å². The second kappa shape index (κ2) is 9.33. The molecule has 142 valence electrons. The van der Waals surface area contributed by atoms with Gasteiger partial charge in [-0.2, -0.15) is 0 Å². The summed E-state index contributed by atoms with van der Waals surface area (Å²) >= 11 is 0. The summed E-state index contributed by atoms with van der Waals surface area (Å²) in [7, 11) is 0. The first-order valence-electron chi connectivity index (χ1n) is 9.52. The van der Waals surface area contributed by atoms with E-state index < -0.39 is 0 Å². The fourth-order valence-electron chi connectivity index (χ4n) is 3.30. The molecular formula is C22H27N3O2. The number of amides is 2. The zero-order valence-corrected chi connectivity index (χ0v) is 15.8. The van der Waals surface area contributed by atoms with Gasteiger partial charge >= 0.3 is 0 Å². The van der Waals surface area contributed by atoms with E-state index in [4.69, 9.17) is 0 Å². The van der Waals surface area contributed by atoms with Crippen molar-refractivity contribution in [3.63, 3.8) is 0 Å². The van der Waals surface area contributed by atoms with Gasteiger partial charge in [-0.05, 0) is 23.6 Å². The van der Waals surface area contributed by atoms with Crippen molar-refractivity contribution < 1.29 is 9.59 Å². The van der Waals surface area contributed by atoms with E-state index in [-0.39, 0.29) is 17.7 Å². The second-order valence-electron chi connectivity index (χ2n) is 7.05. The van der Waals surface area contributed by atoms with Crippen LogP contribution in [0.25, 0.3) is 0 Å². The van der Waals surface area contributed by atoms with E-state index in [1.54, 1.807) is 0 Å². The summed E-state index contributed by atoms with van der Waals surface area (Å²) in [6, 6.07) is 19.6. The Kier molecular flexibility index (Phi) is 6.60. The maximum atomic E-state index is 12.5. The average Bonchev–Trinajstić information content (AvgIpc) is 2.73. The second-order valence-corrected chi connectivity index (χ2v) is 7.05. The Morgan fingerprint density at radius 2 is 1.52 bits per heavy atom. The highest BCUT2D eigenvalue weighted by atomic mass is 16.2. The molecule has 5 nitrogen and oxygen atoms in total. The topological polar surface area (TPSA) is 52.7 Å². The van der Waals surface area contributed by atoms with E-state index in [0.717, 1.165) is 18.7 Å². The lowest BCUT2D eigenvalue weighted by molar-refractivity contribution is -0.122. The molecule has 0 bridgehead atoms. The van der Waals surface area contributed by atoms with Crippen LogP contribution >= 0.6 is 0 Å². The zero-order valence-electron chi connectivity index (χ0n) is 15.8. The van der Waals surface area contributed by atoms with Gasteiger partial charge in [0.15, 0.2) is 0 Å². The molecule has 2 aromatic rings. The number of rotatable bonds is 6. The Balaban J connectivity index is 1.40. The van der Waals surface area contributed by atoms with Gasteiger partial charge in [0, 0.05) is 38.3 Å². The number of benzene rings is 2. The lowest BCUT2D eigenvalue weighted by Gasteiger charge is -2.34. The molecule has 1 N–H and O–H groups in total. The SMILES string of the molecule is C[C@@H](CNC(=O)CN1CCN(C(=O)c2ccccc2)CC1)c1ccccc1. The van der Waals surface area contributed by atoms with Crippen LogP contribution in [-0.4, -0.2) is 60.9 Å². The predicted octanol–water partition coefficient (Wildman–Crippen LogP) is 2.36. The molecule has 2 amide bonds. The lowest BCUT2D eigenvalue weighted by atomic mass is 10.0. The molecule has 1 heterocycles. The van der Waals surface area contributed by atoms with Crippen molar-refractivity contribution in [1.82, 2.24) is 15.1 Å². The fraction of sp³-hybridized carbons (Fsp3) is 0.364. The molecule has 1 aliphatic heterocycles. The van der Waals surface area contributed by atoms with Crippen LogP contribution in [0.15, 0.2) is 60.7 Å². The third kappa shape index (κ3) is 5.41. The summed E-state index contributed by atoms with van der Waals surface area (Å²) in [6.07, 6.45) is 0. The van der Waals surface area contributed by atoms with Crippen LogP contribution in [0.3, 0.4) is 0 Å². The lowest BCUT2D eigenvalue weighted by Crippen LogP contribution is -2.51.